The Morgan fingerprint density at radius 2 is 2.14 bits per heavy atom. The average molecular weight is 363 g/mol. The van der Waals surface area contributed by atoms with Gasteiger partial charge < -0.3 is 15.1 Å². The minimum atomic E-state index is -0.362. The number of benzene rings is 1. The topological polar surface area (TPSA) is 71.3 Å². The van der Waals surface area contributed by atoms with E-state index in [2.05, 4.69) is 26.6 Å². The van der Waals surface area contributed by atoms with Crippen LogP contribution in [0, 0.1) is 6.92 Å². The zero-order valence-corrected chi connectivity index (χ0v) is 13.5. The molecule has 0 spiro atoms. The molecule has 0 aliphatic rings. The van der Waals surface area contributed by atoms with Gasteiger partial charge in [0.15, 0.2) is 0 Å². The number of nitrogens with one attached hydrogen (secondary N) is 2. The van der Waals surface area contributed by atoms with Crippen LogP contribution < -0.4 is 10.6 Å². The van der Waals surface area contributed by atoms with Crippen molar-refractivity contribution in [2.75, 3.05) is 11.9 Å². The third-order valence-corrected chi connectivity index (χ3v) is 3.32. The lowest BCUT2D eigenvalue weighted by Gasteiger charge is -2.08. The molecule has 1 aromatic carbocycles. The summed E-state index contributed by atoms with van der Waals surface area (Å²) < 4.78 is 6.01. The first-order valence-corrected chi connectivity index (χ1v) is 7.39. The molecule has 5 nitrogen and oxygen atoms in total. The summed E-state index contributed by atoms with van der Waals surface area (Å²) in [6.45, 7) is 1.79. The normalized spacial score (nSPS) is 10.6. The molecule has 2 amide bonds. The molecule has 0 saturated carbocycles. The number of anilines is 1. The van der Waals surface area contributed by atoms with E-state index in [0.29, 0.717) is 11.4 Å². The molecular weight excluding hydrogens is 348 g/mol. The quantitative estimate of drug-likeness (QED) is 0.802. The number of hydrogen-bond acceptors (Lipinski definition) is 3. The van der Waals surface area contributed by atoms with Gasteiger partial charge in [-0.25, -0.2) is 0 Å². The fraction of sp³-hybridized carbons (Fsp3) is 0.125. The highest BCUT2D eigenvalue weighted by molar-refractivity contribution is 9.10. The van der Waals surface area contributed by atoms with Gasteiger partial charge in [0.25, 0.3) is 0 Å². The first-order chi connectivity index (χ1) is 10.5. The molecule has 0 bridgehead atoms. The minimum absolute atomic E-state index is 0.100. The van der Waals surface area contributed by atoms with Crippen LogP contribution in [0.5, 0.6) is 0 Å². The zero-order valence-electron chi connectivity index (χ0n) is 11.9. The maximum absolute atomic E-state index is 11.8. The van der Waals surface area contributed by atoms with Gasteiger partial charge in [0, 0.05) is 16.2 Å². The van der Waals surface area contributed by atoms with Crippen LogP contribution >= 0.6 is 15.9 Å². The molecule has 0 atom stereocenters. The standard InChI is InChI=1S/C16H15BrN2O3/c1-11-9-12(17)4-6-14(11)19-16(21)10-18-15(20)7-5-13-3-2-8-22-13/h2-9H,10H2,1H3,(H,18,20)(H,19,21)/b7-5+. The van der Waals surface area contributed by atoms with Crippen molar-refractivity contribution < 1.29 is 14.0 Å². The maximum atomic E-state index is 11.8. The molecule has 0 unspecified atom stereocenters. The number of carbonyl (C=O) groups excluding carboxylic acids is 2. The van der Waals surface area contributed by atoms with Gasteiger partial charge in [-0.15, -0.1) is 0 Å². The lowest BCUT2D eigenvalue weighted by atomic mass is 10.2. The molecule has 0 saturated heterocycles. The molecule has 6 heteroatoms. The summed E-state index contributed by atoms with van der Waals surface area (Å²) in [6.07, 6.45) is 4.37. The lowest BCUT2D eigenvalue weighted by molar-refractivity contribution is -0.121. The first kappa shape index (κ1) is 16.0. The smallest absolute Gasteiger partial charge is 0.244 e. The molecule has 2 aromatic rings. The molecule has 0 aliphatic carbocycles. The van der Waals surface area contributed by atoms with Crippen molar-refractivity contribution >= 4 is 39.5 Å². The molecule has 1 aromatic heterocycles. The van der Waals surface area contributed by atoms with Crippen molar-refractivity contribution in [1.29, 1.82) is 0 Å². The van der Waals surface area contributed by atoms with Gasteiger partial charge in [0.1, 0.15) is 5.76 Å². The van der Waals surface area contributed by atoms with Crippen LogP contribution in [0.4, 0.5) is 5.69 Å². The number of hydrogen-bond donors (Lipinski definition) is 2. The van der Waals surface area contributed by atoms with E-state index in [0.717, 1.165) is 10.0 Å². The summed E-state index contributed by atoms with van der Waals surface area (Å²) in [4.78, 5) is 23.4. The Balaban J connectivity index is 1.81. The van der Waals surface area contributed by atoms with E-state index in [-0.39, 0.29) is 18.4 Å². The summed E-state index contributed by atoms with van der Waals surface area (Å²) >= 11 is 3.36. The van der Waals surface area contributed by atoms with Crippen molar-refractivity contribution in [1.82, 2.24) is 5.32 Å². The van der Waals surface area contributed by atoms with Crippen molar-refractivity contribution in [3.63, 3.8) is 0 Å². The molecule has 2 rings (SSSR count). The fourth-order valence-electron chi connectivity index (χ4n) is 1.73. The van der Waals surface area contributed by atoms with Crippen molar-refractivity contribution in [3.05, 3.63) is 58.5 Å². The Morgan fingerprint density at radius 1 is 1.32 bits per heavy atom. The second kappa shape index (κ2) is 7.61. The van der Waals surface area contributed by atoms with E-state index in [9.17, 15) is 9.59 Å². The highest BCUT2D eigenvalue weighted by atomic mass is 79.9. The fourth-order valence-corrected chi connectivity index (χ4v) is 2.21. The van der Waals surface area contributed by atoms with E-state index in [1.54, 1.807) is 18.2 Å². The Bertz CT molecular complexity index is 693. The third kappa shape index (κ3) is 4.89. The monoisotopic (exact) mass is 362 g/mol. The summed E-state index contributed by atoms with van der Waals surface area (Å²) in [7, 11) is 0. The van der Waals surface area contributed by atoms with Crippen LogP contribution in [0.2, 0.25) is 0 Å². The molecule has 0 radical (unpaired) electrons. The highest BCUT2D eigenvalue weighted by Gasteiger charge is 2.06. The van der Waals surface area contributed by atoms with Crippen LogP contribution in [0.15, 0.2) is 51.6 Å². The van der Waals surface area contributed by atoms with Crippen molar-refractivity contribution in [3.8, 4) is 0 Å². The lowest BCUT2D eigenvalue weighted by Crippen LogP contribution is -2.31. The van der Waals surface area contributed by atoms with Crippen molar-refractivity contribution in [2.24, 2.45) is 0 Å². The number of halogens is 1. The van der Waals surface area contributed by atoms with E-state index >= 15 is 0 Å². The number of amides is 2. The van der Waals surface area contributed by atoms with Crippen LogP contribution in [0.1, 0.15) is 11.3 Å². The molecule has 0 fully saturated rings. The average Bonchev–Trinajstić information content (AvgIpc) is 2.99. The molecule has 114 valence electrons. The molecular formula is C16H15BrN2O3. The zero-order chi connectivity index (χ0) is 15.9. The van der Waals surface area contributed by atoms with E-state index < -0.39 is 0 Å². The Morgan fingerprint density at radius 3 is 2.82 bits per heavy atom. The minimum Gasteiger partial charge on any atom is -0.465 e. The second-order valence-electron chi connectivity index (χ2n) is 4.57. The molecule has 2 N–H and O–H groups in total. The van der Waals surface area contributed by atoms with E-state index in [1.807, 2.05) is 19.1 Å². The third-order valence-electron chi connectivity index (χ3n) is 2.83. The molecule has 0 aliphatic heterocycles. The highest BCUT2D eigenvalue weighted by Crippen LogP contribution is 2.19. The van der Waals surface area contributed by atoms with Gasteiger partial charge in [-0.1, -0.05) is 15.9 Å². The largest absolute Gasteiger partial charge is 0.465 e. The number of aryl methyl sites for hydroxylation is 1. The first-order valence-electron chi connectivity index (χ1n) is 6.60. The van der Waals surface area contributed by atoms with Crippen LogP contribution in [0.3, 0.4) is 0 Å². The summed E-state index contributed by atoms with van der Waals surface area (Å²) in [5.74, 6) is -0.0747. The van der Waals surface area contributed by atoms with Gasteiger partial charge in [0.05, 0.1) is 12.8 Å². The summed E-state index contributed by atoms with van der Waals surface area (Å²) in [5, 5.41) is 5.25. The van der Waals surface area contributed by atoms with E-state index in [4.69, 9.17) is 4.42 Å². The Hall–Kier alpha value is -2.34. The predicted molar refractivity (Wildman–Crippen MR) is 88.3 cm³/mol. The SMILES string of the molecule is Cc1cc(Br)ccc1NC(=O)CNC(=O)/C=C/c1ccco1. The van der Waals surface area contributed by atoms with Crippen LogP contribution in [-0.4, -0.2) is 18.4 Å². The Kier molecular flexibility index (Phi) is 5.55. The second-order valence-corrected chi connectivity index (χ2v) is 5.49. The van der Waals surface area contributed by atoms with Crippen LogP contribution in [-0.2, 0) is 9.59 Å². The molecule has 1 heterocycles. The van der Waals surface area contributed by atoms with Gasteiger partial charge in [-0.2, -0.15) is 0 Å². The van der Waals surface area contributed by atoms with Crippen molar-refractivity contribution in [2.45, 2.75) is 6.92 Å². The van der Waals surface area contributed by atoms with Gasteiger partial charge >= 0.3 is 0 Å². The summed E-state index contributed by atoms with van der Waals surface area (Å²) in [5.41, 5.74) is 1.65. The molecule has 22 heavy (non-hydrogen) atoms. The van der Waals surface area contributed by atoms with E-state index in [1.165, 1.54) is 18.4 Å². The van der Waals surface area contributed by atoms with Gasteiger partial charge in [-0.3, -0.25) is 9.59 Å². The number of rotatable bonds is 5. The maximum Gasteiger partial charge on any atom is 0.244 e. The van der Waals surface area contributed by atoms with Gasteiger partial charge in [0.2, 0.25) is 11.8 Å². The number of carbonyl (C=O) groups is 2. The predicted octanol–water partition coefficient (Wildman–Crippen LogP) is 3.12. The Labute approximate surface area is 136 Å². The number of furan rings is 1. The van der Waals surface area contributed by atoms with Gasteiger partial charge in [-0.05, 0) is 48.9 Å². The van der Waals surface area contributed by atoms with Crippen LogP contribution in [0.25, 0.3) is 6.08 Å². The summed E-state index contributed by atoms with van der Waals surface area (Å²) in [6, 6.07) is 9.00.